The van der Waals surface area contributed by atoms with Gasteiger partial charge >= 0.3 is 0 Å². The summed E-state index contributed by atoms with van der Waals surface area (Å²) >= 11 is 0. The molecule has 1 amide bonds. The zero-order chi connectivity index (χ0) is 10.3. The highest BCUT2D eigenvalue weighted by molar-refractivity contribution is 5.84. The van der Waals surface area contributed by atoms with E-state index in [1.807, 2.05) is 13.0 Å². The van der Waals surface area contributed by atoms with Crippen LogP contribution in [0.1, 0.15) is 26.7 Å². The van der Waals surface area contributed by atoms with Crippen LogP contribution in [0.25, 0.3) is 0 Å². The summed E-state index contributed by atoms with van der Waals surface area (Å²) < 4.78 is 0. The molecule has 70 valence electrons. The number of carbonyl (C=O) groups is 1. The summed E-state index contributed by atoms with van der Waals surface area (Å²) in [5.74, 6) is 2.17. The molecule has 0 spiro atoms. The van der Waals surface area contributed by atoms with E-state index in [4.69, 9.17) is 11.7 Å². The van der Waals surface area contributed by atoms with Gasteiger partial charge in [-0.25, -0.2) is 0 Å². The first kappa shape index (κ1) is 11.5. The number of nitrogens with zero attached hydrogens (tertiary/aromatic N) is 1. The Morgan fingerprint density at radius 1 is 1.69 bits per heavy atom. The van der Waals surface area contributed by atoms with Crippen LogP contribution in [0.3, 0.4) is 0 Å². The van der Waals surface area contributed by atoms with Crippen molar-refractivity contribution in [2.24, 2.45) is 5.41 Å². The third kappa shape index (κ3) is 3.17. The van der Waals surface area contributed by atoms with Crippen LogP contribution < -0.4 is 5.32 Å². The molecule has 1 atom stereocenters. The zero-order valence-electron chi connectivity index (χ0n) is 8.05. The van der Waals surface area contributed by atoms with Crippen molar-refractivity contribution in [1.82, 2.24) is 5.32 Å². The van der Waals surface area contributed by atoms with Crippen LogP contribution in [0.5, 0.6) is 0 Å². The van der Waals surface area contributed by atoms with Gasteiger partial charge < -0.3 is 5.32 Å². The van der Waals surface area contributed by atoms with Gasteiger partial charge in [0.2, 0.25) is 5.91 Å². The van der Waals surface area contributed by atoms with E-state index >= 15 is 0 Å². The summed E-state index contributed by atoms with van der Waals surface area (Å²) in [6, 6.07) is 1.99. The summed E-state index contributed by atoms with van der Waals surface area (Å²) in [6.07, 6.45) is 6.02. The van der Waals surface area contributed by atoms with E-state index in [9.17, 15) is 4.79 Å². The molecule has 0 saturated heterocycles. The Kier molecular flexibility index (Phi) is 4.62. The predicted octanol–water partition coefficient (Wildman–Crippen LogP) is 1.07. The molecule has 3 nitrogen and oxygen atoms in total. The lowest BCUT2D eigenvalue weighted by Crippen LogP contribution is -2.37. The lowest BCUT2D eigenvalue weighted by Gasteiger charge is -2.17. The Labute approximate surface area is 79.1 Å². The van der Waals surface area contributed by atoms with Crippen molar-refractivity contribution in [2.45, 2.75) is 26.7 Å². The topological polar surface area (TPSA) is 52.9 Å². The number of carbonyl (C=O) groups excluding carboxylic acids is 1. The second-order valence-corrected chi connectivity index (χ2v) is 3.01. The number of nitrogens with one attached hydrogen (secondary N) is 1. The van der Waals surface area contributed by atoms with Gasteiger partial charge in [-0.3, -0.25) is 4.79 Å². The average molecular weight is 178 g/mol. The molecule has 0 aliphatic heterocycles. The van der Waals surface area contributed by atoms with Crippen LogP contribution in [0.15, 0.2) is 0 Å². The Bertz CT molecular complexity index is 259. The molecular weight excluding hydrogens is 164 g/mol. The van der Waals surface area contributed by atoms with Gasteiger partial charge in [0.05, 0.1) is 6.07 Å². The van der Waals surface area contributed by atoms with Gasteiger partial charge in [-0.1, -0.05) is 6.92 Å². The quantitative estimate of drug-likeness (QED) is 0.517. The summed E-state index contributed by atoms with van der Waals surface area (Å²) in [4.78, 5) is 11.4. The first-order valence-electron chi connectivity index (χ1n) is 4.23. The molecule has 1 unspecified atom stereocenters. The Morgan fingerprint density at radius 3 is 2.69 bits per heavy atom. The highest BCUT2D eigenvalue weighted by Crippen LogP contribution is 2.19. The molecular formula is C10H14N2O. The van der Waals surface area contributed by atoms with Gasteiger partial charge in [0.25, 0.3) is 0 Å². The Hall–Kier alpha value is -1.48. The lowest BCUT2D eigenvalue weighted by atomic mass is 9.88. The van der Waals surface area contributed by atoms with Crippen molar-refractivity contribution in [3.63, 3.8) is 0 Å². The second kappa shape index (κ2) is 5.22. The van der Waals surface area contributed by atoms with E-state index in [1.54, 1.807) is 6.92 Å². The van der Waals surface area contributed by atoms with Crippen molar-refractivity contribution in [1.29, 1.82) is 5.26 Å². The maximum absolute atomic E-state index is 11.4. The Morgan fingerprint density at radius 2 is 2.31 bits per heavy atom. The lowest BCUT2D eigenvalue weighted by molar-refractivity contribution is -0.127. The highest BCUT2D eigenvalue weighted by Gasteiger charge is 2.30. The zero-order valence-corrected chi connectivity index (χ0v) is 8.05. The Balaban J connectivity index is 4.12. The minimum atomic E-state index is -0.922. The first-order valence-corrected chi connectivity index (χ1v) is 4.23. The van der Waals surface area contributed by atoms with Crippen molar-refractivity contribution in [2.75, 3.05) is 6.54 Å². The van der Waals surface area contributed by atoms with Gasteiger partial charge in [0, 0.05) is 13.0 Å². The van der Waals surface area contributed by atoms with Crippen LogP contribution in [-0.4, -0.2) is 12.5 Å². The van der Waals surface area contributed by atoms with E-state index in [-0.39, 0.29) is 5.91 Å². The molecule has 1 N–H and O–H groups in total. The minimum absolute atomic E-state index is 0.243. The maximum Gasteiger partial charge on any atom is 0.240 e. The monoisotopic (exact) mass is 178 g/mol. The average Bonchev–Trinajstić information content (AvgIpc) is 2.17. The SMILES string of the molecule is C#CCCNC(=O)C(C)(C#N)CC. The molecule has 0 rings (SSSR count). The normalized spacial score (nSPS) is 13.5. The van der Waals surface area contributed by atoms with Crippen molar-refractivity contribution in [3.8, 4) is 18.4 Å². The molecule has 0 bridgehead atoms. The maximum atomic E-state index is 11.4. The van der Waals surface area contributed by atoms with Crippen molar-refractivity contribution < 1.29 is 4.79 Å². The smallest absolute Gasteiger partial charge is 0.240 e. The standard InChI is InChI=1S/C10H14N2O/c1-4-6-7-12-9(13)10(3,5-2)8-11/h1H,5-7H2,2-3H3,(H,12,13). The van der Waals surface area contributed by atoms with Crippen LogP contribution in [0.4, 0.5) is 0 Å². The summed E-state index contributed by atoms with van der Waals surface area (Å²) in [6.45, 7) is 3.87. The molecule has 0 aromatic heterocycles. The van der Waals surface area contributed by atoms with Crippen LogP contribution >= 0.6 is 0 Å². The van der Waals surface area contributed by atoms with Gasteiger partial charge in [0.1, 0.15) is 5.41 Å². The summed E-state index contributed by atoms with van der Waals surface area (Å²) in [5.41, 5.74) is -0.922. The number of terminal acetylenes is 1. The van der Waals surface area contributed by atoms with Gasteiger partial charge in [-0.05, 0) is 13.3 Å². The number of hydrogen-bond acceptors (Lipinski definition) is 2. The molecule has 0 aliphatic rings. The molecule has 0 aromatic rings. The summed E-state index contributed by atoms with van der Waals surface area (Å²) in [5, 5.41) is 11.4. The van der Waals surface area contributed by atoms with Gasteiger partial charge in [-0.15, -0.1) is 12.3 Å². The van der Waals surface area contributed by atoms with Crippen molar-refractivity contribution in [3.05, 3.63) is 0 Å². The van der Waals surface area contributed by atoms with Crippen molar-refractivity contribution >= 4 is 5.91 Å². The van der Waals surface area contributed by atoms with E-state index in [0.29, 0.717) is 19.4 Å². The molecule has 0 heterocycles. The number of rotatable bonds is 4. The number of amides is 1. The number of nitriles is 1. The van der Waals surface area contributed by atoms with Gasteiger partial charge in [-0.2, -0.15) is 5.26 Å². The van der Waals surface area contributed by atoms with E-state index in [2.05, 4.69) is 11.2 Å². The van der Waals surface area contributed by atoms with E-state index in [0.717, 1.165) is 0 Å². The van der Waals surface area contributed by atoms with Crippen LogP contribution in [-0.2, 0) is 4.79 Å². The predicted molar refractivity (Wildman–Crippen MR) is 50.5 cm³/mol. The third-order valence-electron chi connectivity index (χ3n) is 2.01. The third-order valence-corrected chi connectivity index (χ3v) is 2.01. The fraction of sp³-hybridized carbons (Fsp3) is 0.600. The fourth-order valence-electron chi connectivity index (χ4n) is 0.734. The van der Waals surface area contributed by atoms with Crippen LogP contribution in [0, 0.1) is 29.1 Å². The second-order valence-electron chi connectivity index (χ2n) is 3.01. The largest absolute Gasteiger partial charge is 0.354 e. The molecule has 0 radical (unpaired) electrons. The molecule has 13 heavy (non-hydrogen) atoms. The number of hydrogen-bond donors (Lipinski definition) is 1. The summed E-state index contributed by atoms with van der Waals surface area (Å²) in [7, 11) is 0. The molecule has 0 aliphatic carbocycles. The molecule has 3 heteroatoms. The van der Waals surface area contributed by atoms with E-state index in [1.165, 1.54) is 0 Å². The van der Waals surface area contributed by atoms with Crippen LogP contribution in [0.2, 0.25) is 0 Å². The highest BCUT2D eigenvalue weighted by atomic mass is 16.2. The molecule has 0 saturated carbocycles. The van der Waals surface area contributed by atoms with Gasteiger partial charge in [0.15, 0.2) is 0 Å². The molecule has 0 fully saturated rings. The minimum Gasteiger partial charge on any atom is -0.354 e. The first-order chi connectivity index (χ1) is 6.10. The molecule has 0 aromatic carbocycles. The fourth-order valence-corrected chi connectivity index (χ4v) is 0.734. The van der Waals surface area contributed by atoms with E-state index < -0.39 is 5.41 Å².